The number of hydrogen-bond donors (Lipinski definition) is 1. The summed E-state index contributed by atoms with van der Waals surface area (Å²) < 4.78 is 46.2. The molecule has 0 spiro atoms. The van der Waals surface area contributed by atoms with Gasteiger partial charge in [-0.1, -0.05) is 0 Å². The minimum Gasteiger partial charge on any atom is -0.329 e. The van der Waals surface area contributed by atoms with Crippen LogP contribution in [-0.2, 0) is 10.8 Å². The van der Waals surface area contributed by atoms with Crippen molar-refractivity contribution in [3.63, 3.8) is 0 Å². The standard InChI is InChI=1S/C6H4F3NO2S/c7-6(8,9)13(12)4-1-2-10-5(11)3-4/h1-3H,(H,10,11). The van der Waals surface area contributed by atoms with Crippen LogP contribution in [0.15, 0.2) is 28.0 Å². The molecule has 0 aromatic carbocycles. The zero-order valence-corrected chi connectivity index (χ0v) is 6.91. The van der Waals surface area contributed by atoms with E-state index < -0.39 is 26.8 Å². The quantitative estimate of drug-likeness (QED) is 0.753. The number of H-pyrrole nitrogens is 1. The molecule has 1 N–H and O–H groups in total. The summed E-state index contributed by atoms with van der Waals surface area (Å²) in [5, 5.41) is 0. The Hall–Kier alpha value is -1.11. The molecule has 1 rings (SSSR count). The van der Waals surface area contributed by atoms with Gasteiger partial charge in [0.25, 0.3) is 0 Å². The van der Waals surface area contributed by atoms with Gasteiger partial charge in [-0.15, -0.1) is 0 Å². The Balaban J connectivity index is 3.10. The van der Waals surface area contributed by atoms with Crippen LogP contribution < -0.4 is 5.56 Å². The van der Waals surface area contributed by atoms with Crippen molar-refractivity contribution < 1.29 is 17.4 Å². The third kappa shape index (κ3) is 2.41. The Morgan fingerprint density at radius 2 is 2.00 bits per heavy atom. The number of pyridine rings is 1. The minimum absolute atomic E-state index is 0.545. The maximum Gasteiger partial charge on any atom is 0.475 e. The van der Waals surface area contributed by atoms with Crippen LogP contribution in [0.5, 0.6) is 0 Å². The van der Waals surface area contributed by atoms with E-state index in [1.165, 1.54) is 0 Å². The van der Waals surface area contributed by atoms with Gasteiger partial charge in [-0.25, -0.2) is 4.21 Å². The molecule has 7 heteroatoms. The number of hydrogen-bond acceptors (Lipinski definition) is 2. The van der Waals surface area contributed by atoms with E-state index in [1.54, 1.807) is 0 Å². The van der Waals surface area contributed by atoms with Crippen molar-refractivity contribution in [3.8, 4) is 0 Å². The first kappa shape index (κ1) is 9.97. The molecule has 1 unspecified atom stereocenters. The van der Waals surface area contributed by atoms with Gasteiger partial charge in [-0.2, -0.15) is 13.2 Å². The molecule has 1 heterocycles. The van der Waals surface area contributed by atoms with Crippen LogP contribution in [0.4, 0.5) is 13.2 Å². The van der Waals surface area contributed by atoms with Gasteiger partial charge >= 0.3 is 5.51 Å². The first-order chi connectivity index (χ1) is 5.91. The number of halogens is 3. The summed E-state index contributed by atoms with van der Waals surface area (Å²) in [5.41, 5.74) is -5.54. The molecule has 13 heavy (non-hydrogen) atoms. The average Bonchev–Trinajstić information content (AvgIpc) is 2.01. The second kappa shape index (κ2) is 3.33. The van der Waals surface area contributed by atoms with Gasteiger partial charge in [-0.05, 0) is 6.07 Å². The molecule has 1 aromatic rings. The molecule has 0 aliphatic heterocycles. The van der Waals surface area contributed by atoms with Crippen molar-refractivity contribution in [1.29, 1.82) is 0 Å². The molecule has 0 bridgehead atoms. The van der Waals surface area contributed by atoms with E-state index in [4.69, 9.17) is 0 Å². The highest BCUT2D eigenvalue weighted by atomic mass is 32.2. The lowest BCUT2D eigenvalue weighted by Gasteiger charge is -2.04. The predicted molar refractivity (Wildman–Crippen MR) is 39.5 cm³/mol. The van der Waals surface area contributed by atoms with Crippen LogP contribution in [0, 0.1) is 0 Å². The first-order valence-corrected chi connectivity index (χ1v) is 4.23. The van der Waals surface area contributed by atoms with E-state index in [0.29, 0.717) is 6.07 Å². The van der Waals surface area contributed by atoms with Crippen molar-refractivity contribution in [2.75, 3.05) is 0 Å². The van der Waals surface area contributed by atoms with Crippen molar-refractivity contribution in [2.24, 2.45) is 0 Å². The van der Waals surface area contributed by atoms with Crippen LogP contribution in [0.1, 0.15) is 0 Å². The van der Waals surface area contributed by atoms with Crippen LogP contribution in [0.25, 0.3) is 0 Å². The summed E-state index contributed by atoms with van der Waals surface area (Å²) in [6.45, 7) is 0. The van der Waals surface area contributed by atoms with E-state index >= 15 is 0 Å². The summed E-state index contributed by atoms with van der Waals surface area (Å²) in [5.74, 6) is 0. The fourth-order valence-corrected chi connectivity index (χ4v) is 1.35. The summed E-state index contributed by atoms with van der Waals surface area (Å²) in [6, 6.07) is 1.61. The largest absolute Gasteiger partial charge is 0.475 e. The molecule has 1 atom stereocenters. The van der Waals surface area contributed by atoms with Crippen LogP contribution in [0.2, 0.25) is 0 Å². The van der Waals surface area contributed by atoms with Gasteiger partial charge < -0.3 is 4.98 Å². The van der Waals surface area contributed by atoms with E-state index in [0.717, 1.165) is 12.3 Å². The van der Waals surface area contributed by atoms with Gasteiger partial charge in [0.05, 0.1) is 4.90 Å². The van der Waals surface area contributed by atoms with E-state index in [2.05, 4.69) is 4.98 Å². The summed E-state index contributed by atoms with van der Waals surface area (Å²) >= 11 is 0. The van der Waals surface area contributed by atoms with E-state index in [-0.39, 0.29) is 0 Å². The Bertz CT molecular complexity index is 384. The van der Waals surface area contributed by atoms with Gasteiger partial charge in [-0.3, -0.25) is 4.79 Å². The summed E-state index contributed by atoms with van der Waals surface area (Å²) in [4.78, 5) is 12.1. The Morgan fingerprint density at radius 1 is 1.38 bits per heavy atom. The SMILES string of the molecule is O=c1cc(S(=O)C(F)(F)F)cc[nH]1. The molecule has 1 aromatic heterocycles. The van der Waals surface area contributed by atoms with Crippen LogP contribution in [-0.4, -0.2) is 14.7 Å². The highest BCUT2D eigenvalue weighted by Crippen LogP contribution is 2.24. The molecule has 0 amide bonds. The van der Waals surface area contributed by atoms with Crippen molar-refractivity contribution in [1.82, 2.24) is 4.98 Å². The number of alkyl halides is 3. The Labute approximate surface area is 73.0 Å². The average molecular weight is 211 g/mol. The number of aromatic nitrogens is 1. The van der Waals surface area contributed by atoms with Gasteiger partial charge in [0.2, 0.25) is 5.56 Å². The maximum atomic E-state index is 11.9. The van der Waals surface area contributed by atoms with Crippen molar-refractivity contribution in [2.45, 2.75) is 10.4 Å². The highest BCUT2D eigenvalue weighted by Gasteiger charge is 2.37. The van der Waals surface area contributed by atoms with Crippen molar-refractivity contribution in [3.05, 3.63) is 28.7 Å². The molecule has 3 nitrogen and oxygen atoms in total. The lowest BCUT2D eigenvalue weighted by Crippen LogP contribution is -2.18. The molecule has 72 valence electrons. The normalized spacial score (nSPS) is 14.1. The second-order valence-corrected chi connectivity index (χ2v) is 3.57. The second-order valence-electron chi connectivity index (χ2n) is 2.10. The molecule has 0 saturated carbocycles. The fraction of sp³-hybridized carbons (Fsp3) is 0.167. The fourth-order valence-electron chi connectivity index (χ4n) is 0.674. The van der Waals surface area contributed by atoms with E-state index in [9.17, 15) is 22.2 Å². The topological polar surface area (TPSA) is 49.9 Å². The molecule has 0 saturated heterocycles. The zero-order valence-electron chi connectivity index (χ0n) is 6.09. The van der Waals surface area contributed by atoms with Crippen molar-refractivity contribution >= 4 is 10.8 Å². The van der Waals surface area contributed by atoms with Gasteiger partial charge in [0.1, 0.15) is 0 Å². The number of aromatic amines is 1. The number of rotatable bonds is 1. The smallest absolute Gasteiger partial charge is 0.329 e. The third-order valence-corrected chi connectivity index (χ3v) is 2.27. The first-order valence-electron chi connectivity index (χ1n) is 3.08. The van der Waals surface area contributed by atoms with Crippen LogP contribution >= 0.6 is 0 Å². The lowest BCUT2D eigenvalue weighted by molar-refractivity contribution is -0.0384. The highest BCUT2D eigenvalue weighted by molar-refractivity contribution is 7.86. The molecule has 0 aliphatic rings. The Kier molecular flexibility index (Phi) is 2.55. The van der Waals surface area contributed by atoms with E-state index in [1.807, 2.05) is 0 Å². The Morgan fingerprint density at radius 3 is 2.46 bits per heavy atom. The lowest BCUT2D eigenvalue weighted by atomic mass is 10.5. The zero-order chi connectivity index (χ0) is 10.1. The van der Waals surface area contributed by atoms with Gasteiger partial charge in [0, 0.05) is 12.3 Å². The number of nitrogens with one attached hydrogen (secondary N) is 1. The molecule has 0 fully saturated rings. The van der Waals surface area contributed by atoms with Gasteiger partial charge in [0.15, 0.2) is 10.8 Å². The molecule has 0 aliphatic carbocycles. The minimum atomic E-state index is -4.83. The molecular formula is C6H4F3NO2S. The molecule has 0 radical (unpaired) electrons. The third-order valence-electron chi connectivity index (χ3n) is 1.17. The molecular weight excluding hydrogens is 207 g/mol. The summed E-state index contributed by atoms with van der Waals surface area (Å²) in [7, 11) is -3.13. The maximum absolute atomic E-state index is 11.9. The predicted octanol–water partition coefficient (Wildman–Crippen LogP) is 1.00. The van der Waals surface area contributed by atoms with Crippen LogP contribution in [0.3, 0.4) is 0 Å². The monoisotopic (exact) mass is 211 g/mol. The summed E-state index contributed by atoms with van der Waals surface area (Å²) in [6.07, 6.45) is 1.02.